The van der Waals surface area contributed by atoms with Gasteiger partial charge in [0.05, 0.1) is 18.4 Å². The van der Waals surface area contributed by atoms with E-state index in [0.29, 0.717) is 5.75 Å². The van der Waals surface area contributed by atoms with Crippen LogP contribution in [0.1, 0.15) is 11.1 Å². The lowest BCUT2D eigenvalue weighted by molar-refractivity contribution is -0.125. The zero-order valence-corrected chi connectivity index (χ0v) is 17.0. The zero-order valence-electron chi connectivity index (χ0n) is 16.1. The topological polar surface area (TPSA) is 80.3 Å². The summed E-state index contributed by atoms with van der Waals surface area (Å²) >= 11 is 1.37. The number of hydrogen-bond donors (Lipinski definition) is 2. The Balaban J connectivity index is 1.51. The van der Waals surface area contributed by atoms with Crippen LogP contribution >= 0.6 is 11.8 Å². The lowest BCUT2D eigenvalue weighted by Gasteiger charge is -2.07. The number of aryl methyl sites for hydroxylation is 1. The predicted octanol–water partition coefficient (Wildman–Crippen LogP) is 3.50. The van der Waals surface area contributed by atoms with Gasteiger partial charge in [-0.3, -0.25) is 25.4 Å². The highest BCUT2D eigenvalue weighted by atomic mass is 32.2. The van der Waals surface area contributed by atoms with Crippen molar-refractivity contribution in [2.45, 2.75) is 11.8 Å². The first-order chi connectivity index (χ1) is 14.1. The molecule has 0 spiro atoms. The molecule has 29 heavy (non-hydrogen) atoms. The number of hydrogen-bond acceptors (Lipinski definition) is 5. The summed E-state index contributed by atoms with van der Waals surface area (Å²) in [4.78, 5) is 29.3. The molecule has 1 heterocycles. The molecule has 7 heteroatoms. The fourth-order valence-electron chi connectivity index (χ4n) is 2.69. The maximum Gasteiger partial charge on any atom is 0.262 e. The lowest BCUT2D eigenvalue weighted by atomic mass is 10.1. The highest BCUT2D eigenvalue weighted by Crippen LogP contribution is 2.25. The number of aromatic nitrogens is 1. The molecule has 1 aromatic heterocycles. The third-order valence-corrected chi connectivity index (χ3v) is 5.13. The van der Waals surface area contributed by atoms with E-state index >= 15 is 0 Å². The molecule has 148 valence electrons. The molecule has 0 saturated heterocycles. The molecule has 0 fully saturated rings. The highest BCUT2D eigenvalue weighted by molar-refractivity contribution is 8.00. The normalized spacial score (nSPS) is 10.8. The average Bonchev–Trinajstić information content (AvgIpc) is 2.74. The van der Waals surface area contributed by atoms with Crippen LogP contribution in [0.2, 0.25) is 0 Å². The van der Waals surface area contributed by atoms with Gasteiger partial charge in [-0.15, -0.1) is 11.8 Å². The van der Waals surface area contributed by atoms with Crippen molar-refractivity contribution >= 4 is 40.6 Å². The second-order valence-electron chi connectivity index (χ2n) is 6.24. The molecular weight excluding hydrogens is 386 g/mol. The van der Waals surface area contributed by atoms with E-state index in [-0.39, 0.29) is 11.7 Å². The van der Waals surface area contributed by atoms with E-state index in [2.05, 4.69) is 15.8 Å². The molecule has 3 aromatic rings. The fourth-order valence-corrected chi connectivity index (χ4v) is 3.54. The summed E-state index contributed by atoms with van der Waals surface area (Å²) in [7, 11) is 1.57. The molecule has 0 atom stereocenters. The lowest BCUT2D eigenvalue weighted by Crippen LogP contribution is -2.41. The van der Waals surface area contributed by atoms with Crippen LogP contribution < -0.4 is 15.6 Å². The molecular formula is C22H21N3O3S. The van der Waals surface area contributed by atoms with Crippen molar-refractivity contribution < 1.29 is 14.3 Å². The number of fused-ring (bicyclic) bond motifs is 1. The summed E-state index contributed by atoms with van der Waals surface area (Å²) in [5, 5.41) is 1.02. The minimum absolute atomic E-state index is 0.158. The Hall–Kier alpha value is -3.32. The predicted molar refractivity (Wildman–Crippen MR) is 116 cm³/mol. The molecule has 0 saturated carbocycles. The number of nitrogens with zero attached hydrogens (tertiary/aromatic N) is 1. The first-order valence-electron chi connectivity index (χ1n) is 8.95. The van der Waals surface area contributed by atoms with E-state index in [1.807, 2.05) is 55.5 Å². The quantitative estimate of drug-likeness (QED) is 0.371. The molecule has 0 aliphatic heterocycles. The average molecular weight is 407 g/mol. The number of rotatable bonds is 6. The Morgan fingerprint density at radius 1 is 1.14 bits per heavy atom. The SMILES string of the molecule is COc1ccc(C)cc1C=CC(=O)NNC(=O)CSc1cccc2cccnc12. The van der Waals surface area contributed by atoms with Crippen molar-refractivity contribution in [2.24, 2.45) is 0 Å². The summed E-state index contributed by atoms with van der Waals surface area (Å²) < 4.78 is 5.27. The van der Waals surface area contributed by atoms with Gasteiger partial charge in [0.25, 0.3) is 5.91 Å². The van der Waals surface area contributed by atoms with E-state index in [0.717, 1.165) is 26.9 Å². The molecule has 6 nitrogen and oxygen atoms in total. The second-order valence-corrected chi connectivity index (χ2v) is 7.25. The van der Waals surface area contributed by atoms with E-state index in [9.17, 15) is 9.59 Å². The van der Waals surface area contributed by atoms with Gasteiger partial charge in [0.15, 0.2) is 0 Å². The van der Waals surface area contributed by atoms with Crippen molar-refractivity contribution in [1.29, 1.82) is 0 Å². The minimum atomic E-state index is -0.432. The van der Waals surface area contributed by atoms with Crippen LogP contribution in [0, 0.1) is 6.92 Å². The molecule has 2 N–H and O–H groups in total. The molecule has 0 unspecified atom stereocenters. The molecule has 2 amide bonds. The molecule has 2 aromatic carbocycles. The number of hydrazine groups is 1. The van der Waals surface area contributed by atoms with Crippen LogP contribution in [0.15, 0.2) is 65.7 Å². The molecule has 0 aliphatic carbocycles. The van der Waals surface area contributed by atoms with Crippen molar-refractivity contribution in [2.75, 3.05) is 12.9 Å². The van der Waals surface area contributed by atoms with Gasteiger partial charge in [-0.25, -0.2) is 0 Å². The Labute approximate surface area is 173 Å². The maximum atomic E-state index is 12.1. The van der Waals surface area contributed by atoms with Crippen LogP contribution in [0.25, 0.3) is 17.0 Å². The van der Waals surface area contributed by atoms with Gasteiger partial charge in [-0.1, -0.05) is 29.8 Å². The van der Waals surface area contributed by atoms with Gasteiger partial charge >= 0.3 is 0 Å². The number of methoxy groups -OCH3 is 1. The van der Waals surface area contributed by atoms with Gasteiger partial charge in [0, 0.05) is 28.1 Å². The number of carbonyl (C=O) groups is 2. The minimum Gasteiger partial charge on any atom is -0.496 e. The number of nitrogens with one attached hydrogen (secondary N) is 2. The summed E-state index contributed by atoms with van der Waals surface area (Å²) in [6, 6.07) is 15.4. The van der Waals surface area contributed by atoms with Crippen LogP contribution in [-0.2, 0) is 9.59 Å². The highest BCUT2D eigenvalue weighted by Gasteiger charge is 2.07. The van der Waals surface area contributed by atoms with Crippen molar-refractivity contribution in [1.82, 2.24) is 15.8 Å². The van der Waals surface area contributed by atoms with Gasteiger partial charge in [0.2, 0.25) is 5.91 Å². The van der Waals surface area contributed by atoms with Crippen LogP contribution in [0.5, 0.6) is 5.75 Å². The van der Waals surface area contributed by atoms with E-state index in [1.54, 1.807) is 19.4 Å². The van der Waals surface area contributed by atoms with Gasteiger partial charge in [-0.2, -0.15) is 0 Å². The maximum absolute atomic E-state index is 12.1. The van der Waals surface area contributed by atoms with E-state index in [4.69, 9.17) is 4.74 Å². The standard InChI is InChI=1S/C22H21N3O3S/c1-15-8-10-18(28-2)17(13-15)9-11-20(26)24-25-21(27)14-29-19-7-3-5-16-6-4-12-23-22(16)19/h3-13H,14H2,1-2H3,(H,24,26)(H,25,27). The van der Waals surface area contributed by atoms with Gasteiger partial charge < -0.3 is 4.74 Å². The number of thioether (sulfide) groups is 1. The number of ether oxygens (including phenoxy) is 1. The molecule has 0 aliphatic rings. The largest absolute Gasteiger partial charge is 0.496 e. The van der Waals surface area contributed by atoms with Gasteiger partial charge in [0.1, 0.15) is 5.75 Å². The Morgan fingerprint density at radius 3 is 2.79 bits per heavy atom. The van der Waals surface area contributed by atoms with Crippen molar-refractivity contribution in [3.05, 3.63) is 71.9 Å². The van der Waals surface area contributed by atoms with Crippen LogP contribution in [0.3, 0.4) is 0 Å². The first kappa shape index (κ1) is 20.4. The summed E-state index contributed by atoms with van der Waals surface area (Å²) in [5.74, 6) is 0.0890. The zero-order chi connectivity index (χ0) is 20.6. The molecule has 3 rings (SSSR count). The fraction of sp³-hybridized carbons (Fsp3) is 0.136. The number of pyridine rings is 1. The van der Waals surface area contributed by atoms with Crippen molar-refractivity contribution in [3.63, 3.8) is 0 Å². The van der Waals surface area contributed by atoms with Crippen molar-refractivity contribution in [3.8, 4) is 5.75 Å². The van der Waals surface area contributed by atoms with E-state index < -0.39 is 5.91 Å². The summed E-state index contributed by atoms with van der Waals surface area (Å²) in [6.45, 7) is 1.96. The molecule has 0 bridgehead atoms. The molecule has 0 radical (unpaired) electrons. The van der Waals surface area contributed by atoms with E-state index in [1.165, 1.54) is 17.8 Å². The third kappa shape index (κ3) is 5.58. The Morgan fingerprint density at radius 2 is 1.97 bits per heavy atom. The van der Waals surface area contributed by atoms with Crippen LogP contribution in [0.4, 0.5) is 0 Å². The first-order valence-corrected chi connectivity index (χ1v) is 9.93. The number of carbonyl (C=O) groups excluding carboxylic acids is 2. The second kappa shape index (κ2) is 9.75. The van der Waals surface area contributed by atoms with Gasteiger partial charge in [-0.05, 0) is 37.3 Å². The number of para-hydroxylation sites is 1. The Kier molecular flexibility index (Phi) is 6.86. The number of amides is 2. The number of benzene rings is 2. The third-order valence-electron chi connectivity index (χ3n) is 4.08. The summed E-state index contributed by atoms with van der Waals surface area (Å²) in [5.41, 5.74) is 7.49. The monoisotopic (exact) mass is 407 g/mol. The summed E-state index contributed by atoms with van der Waals surface area (Å²) in [6.07, 6.45) is 4.71. The Bertz CT molecular complexity index is 1060. The smallest absolute Gasteiger partial charge is 0.262 e. The van der Waals surface area contributed by atoms with Crippen LogP contribution in [-0.4, -0.2) is 29.7 Å².